The van der Waals surface area contributed by atoms with Crippen LogP contribution in [-0.2, 0) is 21.2 Å². The van der Waals surface area contributed by atoms with E-state index in [1.807, 2.05) is 49.6 Å². The number of sulfone groups is 1. The number of para-hydroxylation sites is 2. The van der Waals surface area contributed by atoms with Crippen molar-refractivity contribution in [3.05, 3.63) is 30.1 Å². The fraction of sp³-hybridized carbons (Fsp3) is 0.556. The third kappa shape index (κ3) is 3.56. The zero-order valence-electron chi connectivity index (χ0n) is 15.0. The summed E-state index contributed by atoms with van der Waals surface area (Å²) in [5.41, 5.74) is 1.79. The number of nitrogens with zero attached hydrogens (tertiary/aromatic N) is 3. The van der Waals surface area contributed by atoms with Crippen molar-refractivity contribution < 1.29 is 13.2 Å². The predicted octanol–water partition coefficient (Wildman–Crippen LogP) is 2.16. The van der Waals surface area contributed by atoms with Gasteiger partial charge in [0, 0.05) is 12.1 Å². The lowest BCUT2D eigenvalue weighted by Crippen LogP contribution is -2.47. The van der Waals surface area contributed by atoms with Crippen molar-refractivity contribution >= 4 is 26.8 Å². The van der Waals surface area contributed by atoms with Crippen LogP contribution in [0.3, 0.4) is 0 Å². The van der Waals surface area contributed by atoms with Gasteiger partial charge in [-0.15, -0.1) is 0 Å². The van der Waals surface area contributed by atoms with Gasteiger partial charge in [0.05, 0.1) is 22.5 Å². The fourth-order valence-electron chi connectivity index (χ4n) is 3.61. The number of rotatable bonds is 5. The molecule has 2 heterocycles. The van der Waals surface area contributed by atoms with Crippen LogP contribution >= 0.6 is 0 Å². The van der Waals surface area contributed by atoms with E-state index in [2.05, 4.69) is 4.98 Å². The number of aromatic nitrogens is 2. The molecule has 1 saturated heterocycles. The lowest BCUT2D eigenvalue weighted by molar-refractivity contribution is -0.136. The molecule has 1 aliphatic heterocycles. The van der Waals surface area contributed by atoms with Crippen LogP contribution in [0.1, 0.15) is 32.5 Å². The molecule has 1 fully saturated rings. The summed E-state index contributed by atoms with van der Waals surface area (Å²) in [5, 5.41) is 0. The highest BCUT2D eigenvalue weighted by atomic mass is 32.2. The molecule has 6 nitrogen and oxygen atoms in total. The quantitative estimate of drug-likeness (QED) is 0.816. The van der Waals surface area contributed by atoms with E-state index >= 15 is 0 Å². The molecule has 0 aliphatic carbocycles. The van der Waals surface area contributed by atoms with Crippen molar-refractivity contribution in [2.75, 3.05) is 11.5 Å². The summed E-state index contributed by atoms with van der Waals surface area (Å²) in [5.74, 6) is 0.998. The minimum absolute atomic E-state index is 0.0147. The van der Waals surface area contributed by atoms with E-state index in [1.54, 1.807) is 4.90 Å². The molecule has 1 amide bonds. The summed E-state index contributed by atoms with van der Waals surface area (Å²) in [6.07, 6.45) is 1.33. The van der Waals surface area contributed by atoms with E-state index in [9.17, 15) is 13.2 Å². The first-order valence-corrected chi connectivity index (χ1v) is 10.6. The highest BCUT2D eigenvalue weighted by Crippen LogP contribution is 2.23. The van der Waals surface area contributed by atoms with Gasteiger partial charge in [-0.3, -0.25) is 4.79 Å². The Bertz CT molecular complexity index is 888. The summed E-state index contributed by atoms with van der Waals surface area (Å²) >= 11 is 0. The Balaban J connectivity index is 1.89. The van der Waals surface area contributed by atoms with Crippen molar-refractivity contribution in [2.45, 2.75) is 52.2 Å². The van der Waals surface area contributed by atoms with E-state index in [4.69, 9.17) is 0 Å². The third-order valence-electron chi connectivity index (χ3n) is 5.09. The molecule has 1 aromatic carbocycles. The summed E-state index contributed by atoms with van der Waals surface area (Å²) in [6, 6.07) is 7.54. The largest absolute Gasteiger partial charge is 0.334 e. The summed E-state index contributed by atoms with van der Waals surface area (Å²) in [6.45, 7) is 6.09. The van der Waals surface area contributed by atoms with Crippen molar-refractivity contribution in [1.29, 1.82) is 0 Å². The first-order valence-electron chi connectivity index (χ1n) is 8.76. The van der Waals surface area contributed by atoms with Crippen molar-refractivity contribution in [1.82, 2.24) is 14.5 Å². The Morgan fingerprint density at radius 2 is 2.12 bits per heavy atom. The van der Waals surface area contributed by atoms with Crippen molar-refractivity contribution in [3.63, 3.8) is 0 Å². The van der Waals surface area contributed by atoms with Crippen LogP contribution in [0.15, 0.2) is 24.3 Å². The van der Waals surface area contributed by atoms with Gasteiger partial charge in [0.15, 0.2) is 9.84 Å². The van der Waals surface area contributed by atoms with E-state index in [0.717, 1.165) is 23.3 Å². The second-order valence-corrected chi connectivity index (χ2v) is 9.08. The molecule has 1 aromatic heterocycles. The minimum Gasteiger partial charge on any atom is -0.334 e. The molecular formula is C18H25N3O3S. The zero-order valence-corrected chi connectivity index (χ0v) is 15.8. The topological polar surface area (TPSA) is 72.3 Å². The van der Waals surface area contributed by atoms with Crippen LogP contribution in [0.2, 0.25) is 0 Å². The van der Waals surface area contributed by atoms with Gasteiger partial charge in [-0.1, -0.05) is 19.1 Å². The lowest BCUT2D eigenvalue weighted by Gasteiger charge is -2.34. The SMILES string of the molecule is CC[C@@H](C)N(C(=O)Cn1c(C)nc2ccccc21)[C@H]1CCS(=O)(=O)C1. The summed E-state index contributed by atoms with van der Waals surface area (Å²) in [4.78, 5) is 19.4. The molecule has 0 spiro atoms. The second kappa shape index (κ2) is 6.78. The maximum atomic E-state index is 13.1. The van der Waals surface area contributed by atoms with Gasteiger partial charge < -0.3 is 9.47 Å². The number of fused-ring (bicyclic) bond motifs is 1. The van der Waals surface area contributed by atoms with Gasteiger partial charge in [0.25, 0.3) is 0 Å². The summed E-state index contributed by atoms with van der Waals surface area (Å²) < 4.78 is 25.7. The predicted molar refractivity (Wildman–Crippen MR) is 98.1 cm³/mol. The minimum atomic E-state index is -3.03. The van der Waals surface area contributed by atoms with Gasteiger partial charge in [-0.2, -0.15) is 0 Å². The molecule has 3 rings (SSSR count). The van der Waals surface area contributed by atoms with Gasteiger partial charge in [-0.05, 0) is 38.8 Å². The van der Waals surface area contributed by atoms with Crippen LogP contribution in [0.5, 0.6) is 0 Å². The maximum absolute atomic E-state index is 13.1. The number of aryl methyl sites for hydroxylation is 1. The number of amides is 1. The highest BCUT2D eigenvalue weighted by molar-refractivity contribution is 7.91. The van der Waals surface area contributed by atoms with Gasteiger partial charge in [0.1, 0.15) is 12.4 Å². The van der Waals surface area contributed by atoms with E-state index in [-0.39, 0.29) is 36.0 Å². The molecule has 0 radical (unpaired) electrons. The molecule has 1 aliphatic rings. The first-order chi connectivity index (χ1) is 11.8. The molecule has 0 bridgehead atoms. The lowest BCUT2D eigenvalue weighted by atomic mass is 10.1. The van der Waals surface area contributed by atoms with Crippen LogP contribution in [0.25, 0.3) is 11.0 Å². The Morgan fingerprint density at radius 3 is 2.76 bits per heavy atom. The van der Waals surface area contributed by atoms with Crippen molar-refractivity contribution in [2.24, 2.45) is 0 Å². The van der Waals surface area contributed by atoms with Gasteiger partial charge in [0.2, 0.25) is 5.91 Å². The smallest absolute Gasteiger partial charge is 0.243 e. The molecule has 25 heavy (non-hydrogen) atoms. The number of hydrogen-bond acceptors (Lipinski definition) is 4. The van der Waals surface area contributed by atoms with E-state index < -0.39 is 9.84 Å². The van der Waals surface area contributed by atoms with Crippen LogP contribution in [0, 0.1) is 6.92 Å². The van der Waals surface area contributed by atoms with Crippen molar-refractivity contribution in [3.8, 4) is 0 Å². The highest BCUT2D eigenvalue weighted by Gasteiger charge is 2.36. The van der Waals surface area contributed by atoms with Crippen LogP contribution in [0.4, 0.5) is 0 Å². The molecule has 2 atom stereocenters. The molecule has 136 valence electrons. The molecule has 7 heteroatoms. The molecule has 2 aromatic rings. The van der Waals surface area contributed by atoms with Crippen LogP contribution < -0.4 is 0 Å². The molecular weight excluding hydrogens is 338 g/mol. The number of benzene rings is 1. The molecule has 0 saturated carbocycles. The zero-order chi connectivity index (χ0) is 18.2. The summed E-state index contributed by atoms with van der Waals surface area (Å²) in [7, 11) is -3.03. The number of imidazole rings is 1. The molecule has 0 N–H and O–H groups in total. The standard InChI is InChI=1S/C18H25N3O3S/c1-4-13(2)21(15-9-10-25(23,24)12-15)18(22)11-20-14(3)19-16-7-5-6-8-17(16)20/h5-8,13,15H,4,9-12H2,1-3H3/t13-,15+/m1/s1. The number of carbonyl (C=O) groups excluding carboxylic acids is 1. The van der Waals surface area contributed by atoms with Crippen LogP contribution in [-0.4, -0.2) is 52.4 Å². The normalized spacial score (nSPS) is 20.7. The Hall–Kier alpha value is -1.89. The maximum Gasteiger partial charge on any atom is 0.243 e. The fourth-order valence-corrected chi connectivity index (χ4v) is 5.32. The average Bonchev–Trinajstić information content (AvgIpc) is 3.07. The third-order valence-corrected chi connectivity index (χ3v) is 6.84. The van der Waals surface area contributed by atoms with Gasteiger partial charge >= 0.3 is 0 Å². The Kier molecular flexibility index (Phi) is 4.86. The van der Waals surface area contributed by atoms with Gasteiger partial charge in [-0.25, -0.2) is 13.4 Å². The second-order valence-electron chi connectivity index (χ2n) is 6.85. The number of hydrogen-bond donors (Lipinski definition) is 0. The van der Waals surface area contributed by atoms with E-state index in [1.165, 1.54) is 0 Å². The Labute approximate surface area is 148 Å². The monoisotopic (exact) mass is 363 g/mol. The number of carbonyl (C=O) groups is 1. The first kappa shape index (κ1) is 17.9. The Morgan fingerprint density at radius 1 is 1.40 bits per heavy atom. The molecule has 0 unspecified atom stereocenters. The van der Waals surface area contributed by atoms with E-state index in [0.29, 0.717) is 6.42 Å². The average molecular weight is 363 g/mol.